The molecule has 0 atom stereocenters. The average molecular weight is 1140 g/mol. The van der Waals surface area contributed by atoms with Crippen LogP contribution < -0.4 is 10.7 Å². The van der Waals surface area contributed by atoms with Crippen molar-refractivity contribution in [3.05, 3.63) is 389 Å². The Kier molecular flexibility index (Phi) is 13.5. The topological polar surface area (TPSA) is 59.7 Å². The minimum absolute atomic E-state index is 0.845. The molecule has 16 rings (SSSR count). The third-order valence-corrected chi connectivity index (χ3v) is 17.4. The van der Waals surface area contributed by atoms with Crippen LogP contribution in [0.3, 0.4) is 0 Å². The van der Waals surface area contributed by atoms with Crippen LogP contribution in [0.4, 0.5) is 0 Å². The summed E-state index contributed by atoms with van der Waals surface area (Å²) in [6.45, 7) is 0. The summed E-state index contributed by atoms with van der Waals surface area (Å²) in [7, 11) is 0. The quantitative estimate of drug-likeness (QED) is 0.116. The Hall–Kier alpha value is -11.9. The first-order valence-electron chi connectivity index (χ1n) is 30.5. The van der Waals surface area contributed by atoms with Crippen LogP contribution in [0.1, 0.15) is 39.2 Å². The van der Waals surface area contributed by atoms with Crippen molar-refractivity contribution in [3.63, 3.8) is 0 Å². The van der Waals surface area contributed by atoms with Gasteiger partial charge >= 0.3 is 0 Å². The van der Waals surface area contributed by atoms with E-state index in [1.54, 1.807) is 0 Å². The number of fused-ring (bicyclic) bond motifs is 12. The van der Waals surface area contributed by atoms with Crippen molar-refractivity contribution in [2.45, 2.75) is 0 Å². The van der Waals surface area contributed by atoms with Crippen LogP contribution in [0.2, 0.25) is 0 Å². The van der Waals surface area contributed by atoms with Gasteiger partial charge in [0.15, 0.2) is 0 Å². The molecule has 11 aromatic carbocycles. The first kappa shape index (κ1) is 52.7. The molecule has 3 aromatic heterocycles. The van der Waals surface area contributed by atoms with E-state index in [2.05, 4.69) is 349 Å². The lowest BCUT2D eigenvalue weighted by Gasteiger charge is -2.17. The van der Waals surface area contributed by atoms with Crippen LogP contribution in [0.25, 0.3) is 106 Å². The summed E-state index contributed by atoms with van der Waals surface area (Å²) in [5, 5.41) is 1.90. The zero-order valence-corrected chi connectivity index (χ0v) is 48.7. The van der Waals surface area contributed by atoms with E-state index in [1.165, 1.54) is 0 Å². The minimum Gasteiger partial charge on any atom is -0.353 e. The zero-order valence-electron chi connectivity index (χ0n) is 48.7. The second kappa shape index (κ2) is 22.9. The Balaban J connectivity index is 1.27. The summed E-state index contributed by atoms with van der Waals surface area (Å²) in [6.07, 6.45) is 0. The summed E-state index contributed by atoms with van der Waals surface area (Å²) in [4.78, 5) is 19.7. The van der Waals surface area contributed by atoms with Crippen molar-refractivity contribution >= 4 is 33.6 Å². The molecule has 0 radical (unpaired) electrons. The molecule has 89 heavy (non-hydrogen) atoms. The standard InChI is InChI=1S/C85H58N4/c1-12-34-56(35-13-1)67-69(58-38-16-3-17-39-58)80-76(65-52-30-10-31-53-65)82-71(60-42-20-5-21-43-60)73(62-46-24-7-25-47-62)84(88-82)85-74(63-48-26-8-27-49-63)72(61-44-22-6-23-45-61)83(89-85)77(66-54-32-11-33-55-66)81-70(59-40-18-4-19-41-59)68(57-36-14-2-15-37-57)79(87-81)75(78(67)86-80)64-50-28-9-29-51-64/h1-55,86,88-89H. The van der Waals surface area contributed by atoms with E-state index in [-0.39, 0.29) is 0 Å². The fraction of sp³-hybridized carbons (Fsp3) is 0. The molecule has 8 bridgehead atoms. The van der Waals surface area contributed by atoms with Crippen LogP contribution in [-0.4, -0.2) is 20.7 Å². The highest BCUT2D eigenvalue weighted by Crippen LogP contribution is 2.54. The first-order valence-corrected chi connectivity index (χ1v) is 30.5. The van der Waals surface area contributed by atoms with Crippen LogP contribution in [0.5, 0.6) is 0 Å². The predicted molar refractivity (Wildman–Crippen MR) is 370 cm³/mol. The molecule has 2 aliphatic rings. The number of nitrogens with zero attached hydrogens (tertiary/aromatic N) is 1. The van der Waals surface area contributed by atoms with Crippen LogP contribution in [-0.2, 0) is 0 Å². The fourth-order valence-electron chi connectivity index (χ4n) is 13.6. The number of aromatic amines is 3. The monoisotopic (exact) mass is 1130 g/mol. The molecule has 4 heterocycles. The largest absolute Gasteiger partial charge is 0.353 e. The number of nitrogens with one attached hydrogen (secondary N) is 3. The van der Waals surface area contributed by atoms with Gasteiger partial charge in [-0.2, -0.15) is 0 Å². The molecular weight excluding hydrogens is 1080 g/mol. The van der Waals surface area contributed by atoms with Gasteiger partial charge in [-0.05, 0) is 61.2 Å². The summed E-state index contributed by atoms with van der Waals surface area (Å²) >= 11 is 0. The molecule has 4 heteroatoms. The molecule has 0 fully saturated rings. The van der Waals surface area contributed by atoms with Crippen molar-refractivity contribution in [2.75, 3.05) is 0 Å². The zero-order chi connectivity index (χ0) is 59.0. The maximum atomic E-state index is 6.41. The highest BCUT2D eigenvalue weighted by molar-refractivity contribution is 6.51. The van der Waals surface area contributed by atoms with Gasteiger partial charge in [-0.1, -0.05) is 334 Å². The highest BCUT2D eigenvalue weighted by Gasteiger charge is 2.37. The second-order valence-electron chi connectivity index (χ2n) is 22.6. The Morgan fingerprint density at radius 1 is 0.169 bits per heavy atom. The van der Waals surface area contributed by atoms with Gasteiger partial charge in [-0.15, -0.1) is 0 Å². The van der Waals surface area contributed by atoms with Crippen LogP contribution in [0.15, 0.2) is 344 Å². The van der Waals surface area contributed by atoms with E-state index in [4.69, 9.17) is 4.99 Å². The van der Waals surface area contributed by atoms with Gasteiger partial charge in [-0.25, -0.2) is 4.99 Å². The molecule has 0 saturated heterocycles. The molecule has 14 aromatic rings. The Morgan fingerprint density at radius 2 is 0.393 bits per heavy atom. The molecule has 4 nitrogen and oxygen atoms in total. The fourth-order valence-corrected chi connectivity index (χ4v) is 13.6. The molecule has 0 amide bonds. The third-order valence-electron chi connectivity index (χ3n) is 17.4. The molecule has 3 N–H and O–H groups in total. The number of rotatable bonds is 11. The van der Waals surface area contributed by atoms with Gasteiger partial charge in [0.2, 0.25) is 0 Å². The van der Waals surface area contributed by atoms with Gasteiger partial charge in [0, 0.05) is 61.2 Å². The number of aromatic nitrogens is 3. The molecule has 0 saturated carbocycles. The SMILES string of the molecule is c1ccc(C2=C(c3ccccc3)C3=C(c4ccccc4)c4[nH]c(c(-c5ccccc5)c4-c4ccccc4)-c4[nH]c(c(-c5ccccc5)c4-c4ccccc4)C(c4ccccc4)=c4[nH]c(c(-c5ccccc5)c4-c4ccccc4)=C(c4ccccc4)C2=N3)cc1. The minimum atomic E-state index is 0.845. The molecular formula is C85H58N4. The average Bonchev–Trinajstić information content (AvgIpc) is 1.83. The number of aliphatic imine (C=N–C) groups is 1. The van der Waals surface area contributed by atoms with Crippen molar-refractivity contribution < 1.29 is 0 Å². The van der Waals surface area contributed by atoms with E-state index in [0.717, 1.165) is 167 Å². The molecule has 0 unspecified atom stereocenters. The van der Waals surface area contributed by atoms with Crippen LogP contribution >= 0.6 is 0 Å². The number of allylic oxidation sites excluding steroid dienone is 2. The van der Waals surface area contributed by atoms with Gasteiger partial charge in [0.1, 0.15) is 0 Å². The number of H-pyrrole nitrogens is 3. The molecule has 1 aliphatic heterocycles. The number of benzene rings is 11. The molecule has 1 aliphatic carbocycles. The normalized spacial score (nSPS) is 12.9. The lowest BCUT2D eigenvalue weighted by Crippen LogP contribution is -2.22. The lowest BCUT2D eigenvalue weighted by atomic mass is 9.84. The van der Waals surface area contributed by atoms with Crippen molar-refractivity contribution in [2.24, 2.45) is 4.99 Å². The third kappa shape index (κ3) is 9.30. The van der Waals surface area contributed by atoms with Crippen molar-refractivity contribution in [1.82, 2.24) is 15.0 Å². The lowest BCUT2D eigenvalue weighted by molar-refractivity contribution is 1.23. The van der Waals surface area contributed by atoms with Gasteiger partial charge in [0.05, 0.1) is 44.9 Å². The number of hydrogen-bond donors (Lipinski definition) is 3. The smallest absolute Gasteiger partial charge is 0.0822 e. The van der Waals surface area contributed by atoms with E-state index in [9.17, 15) is 0 Å². The molecule has 418 valence electrons. The van der Waals surface area contributed by atoms with Crippen molar-refractivity contribution in [1.29, 1.82) is 0 Å². The maximum absolute atomic E-state index is 6.41. The number of hydrogen-bond acceptors (Lipinski definition) is 1. The Labute approximate surface area is 517 Å². The van der Waals surface area contributed by atoms with E-state index < -0.39 is 0 Å². The van der Waals surface area contributed by atoms with Gasteiger partial charge in [0.25, 0.3) is 0 Å². The van der Waals surface area contributed by atoms with E-state index in [1.807, 2.05) is 0 Å². The summed E-state index contributed by atoms with van der Waals surface area (Å²) in [6, 6.07) is 120. The summed E-state index contributed by atoms with van der Waals surface area (Å²) < 4.78 is 0. The van der Waals surface area contributed by atoms with Gasteiger partial charge < -0.3 is 15.0 Å². The van der Waals surface area contributed by atoms with Gasteiger partial charge in [-0.3, -0.25) is 0 Å². The second-order valence-corrected chi connectivity index (χ2v) is 22.6. The maximum Gasteiger partial charge on any atom is 0.0822 e. The Morgan fingerprint density at radius 3 is 0.719 bits per heavy atom. The molecule has 0 spiro atoms. The highest BCUT2D eigenvalue weighted by atomic mass is 14.9. The van der Waals surface area contributed by atoms with E-state index >= 15 is 0 Å². The first-order chi connectivity index (χ1) is 44.2. The predicted octanol–water partition coefficient (Wildman–Crippen LogP) is 19.6. The summed E-state index contributed by atoms with van der Waals surface area (Å²) in [5.74, 6) is 0. The summed E-state index contributed by atoms with van der Waals surface area (Å²) in [5.41, 5.74) is 28.4. The van der Waals surface area contributed by atoms with Crippen LogP contribution in [0, 0.1) is 0 Å². The Bertz CT molecular complexity index is 5130. The van der Waals surface area contributed by atoms with E-state index in [0.29, 0.717) is 0 Å². The van der Waals surface area contributed by atoms with Crippen molar-refractivity contribution in [3.8, 4) is 78.1 Å².